The van der Waals surface area contributed by atoms with Crippen molar-refractivity contribution in [3.05, 3.63) is 35.4 Å². The zero-order valence-corrected chi connectivity index (χ0v) is 13.9. The summed E-state index contributed by atoms with van der Waals surface area (Å²) in [5, 5.41) is 5.54. The number of hydrogen-bond donors (Lipinski definition) is 2. The number of halogens is 2. The van der Waals surface area contributed by atoms with E-state index in [0.717, 1.165) is 12.1 Å². The van der Waals surface area contributed by atoms with Crippen LogP contribution in [-0.4, -0.2) is 42.4 Å². The van der Waals surface area contributed by atoms with Crippen molar-refractivity contribution in [2.75, 3.05) is 19.6 Å². The maximum absolute atomic E-state index is 13.4. The topological polar surface area (TPSA) is 61.4 Å². The molecule has 7 heteroatoms. The number of benzene rings is 1. The van der Waals surface area contributed by atoms with E-state index in [1.54, 1.807) is 0 Å². The van der Waals surface area contributed by atoms with Gasteiger partial charge in [-0.15, -0.1) is 0 Å². The molecule has 1 atom stereocenters. The fourth-order valence-corrected chi connectivity index (χ4v) is 2.61. The van der Waals surface area contributed by atoms with Crippen LogP contribution in [0.3, 0.4) is 0 Å². The van der Waals surface area contributed by atoms with E-state index < -0.39 is 17.7 Å². The van der Waals surface area contributed by atoms with Crippen LogP contribution in [0.4, 0.5) is 8.78 Å². The molecule has 2 amide bonds. The van der Waals surface area contributed by atoms with Crippen molar-refractivity contribution in [3.63, 3.8) is 0 Å². The van der Waals surface area contributed by atoms with Gasteiger partial charge in [0.25, 0.3) is 0 Å². The van der Waals surface area contributed by atoms with Crippen molar-refractivity contribution in [1.82, 2.24) is 15.5 Å². The predicted molar refractivity (Wildman–Crippen MR) is 86.0 cm³/mol. The molecule has 0 bridgehead atoms. The summed E-state index contributed by atoms with van der Waals surface area (Å²) in [6, 6.07) is 3.07. The lowest BCUT2D eigenvalue weighted by atomic mass is 10.1. The van der Waals surface area contributed by atoms with Gasteiger partial charge in [0.1, 0.15) is 0 Å². The molecule has 1 aliphatic rings. The number of rotatable bonds is 6. The Hall–Kier alpha value is -2.02. The lowest BCUT2D eigenvalue weighted by Gasteiger charge is -2.34. The SMILES string of the molecule is CC(C)CNC(=O)C[C@@H]1C(=O)NCCN1Cc1ccc(F)c(F)c1. The molecule has 0 unspecified atom stereocenters. The fourth-order valence-electron chi connectivity index (χ4n) is 2.61. The number of amides is 2. The molecule has 0 saturated carbocycles. The fraction of sp³-hybridized carbons (Fsp3) is 0.529. The number of nitrogens with one attached hydrogen (secondary N) is 2. The minimum absolute atomic E-state index is 0.0439. The molecular weight excluding hydrogens is 316 g/mol. The molecule has 0 radical (unpaired) electrons. The summed E-state index contributed by atoms with van der Waals surface area (Å²) < 4.78 is 26.4. The van der Waals surface area contributed by atoms with Gasteiger partial charge in [-0.2, -0.15) is 0 Å². The van der Waals surface area contributed by atoms with Crippen LogP contribution in [0, 0.1) is 17.6 Å². The quantitative estimate of drug-likeness (QED) is 0.824. The highest BCUT2D eigenvalue weighted by atomic mass is 19.2. The van der Waals surface area contributed by atoms with Gasteiger partial charge in [-0.1, -0.05) is 19.9 Å². The van der Waals surface area contributed by atoms with E-state index in [1.165, 1.54) is 6.07 Å². The second-order valence-corrected chi connectivity index (χ2v) is 6.43. The smallest absolute Gasteiger partial charge is 0.237 e. The monoisotopic (exact) mass is 339 g/mol. The third kappa shape index (κ3) is 4.99. The Kier molecular flexibility index (Phi) is 6.25. The third-order valence-corrected chi connectivity index (χ3v) is 3.90. The molecule has 5 nitrogen and oxygen atoms in total. The van der Waals surface area contributed by atoms with Crippen LogP contribution in [0.1, 0.15) is 25.8 Å². The summed E-state index contributed by atoms with van der Waals surface area (Å²) in [6.45, 7) is 5.83. The summed E-state index contributed by atoms with van der Waals surface area (Å²) in [5.74, 6) is -1.91. The van der Waals surface area contributed by atoms with Gasteiger partial charge in [0.2, 0.25) is 11.8 Å². The molecule has 1 aliphatic heterocycles. The van der Waals surface area contributed by atoms with E-state index in [4.69, 9.17) is 0 Å². The number of carbonyl (C=O) groups excluding carboxylic acids is 2. The van der Waals surface area contributed by atoms with Crippen LogP contribution in [0.5, 0.6) is 0 Å². The first-order chi connectivity index (χ1) is 11.4. The minimum Gasteiger partial charge on any atom is -0.356 e. The Balaban J connectivity index is 2.03. The third-order valence-electron chi connectivity index (χ3n) is 3.90. The second kappa shape index (κ2) is 8.19. The van der Waals surface area contributed by atoms with E-state index in [2.05, 4.69) is 10.6 Å². The van der Waals surface area contributed by atoms with Gasteiger partial charge < -0.3 is 10.6 Å². The van der Waals surface area contributed by atoms with Gasteiger partial charge >= 0.3 is 0 Å². The van der Waals surface area contributed by atoms with Gasteiger partial charge in [0.05, 0.1) is 12.5 Å². The van der Waals surface area contributed by atoms with E-state index in [9.17, 15) is 18.4 Å². The van der Waals surface area contributed by atoms with E-state index >= 15 is 0 Å². The Morgan fingerprint density at radius 3 is 2.79 bits per heavy atom. The molecular formula is C17H23F2N3O2. The van der Waals surface area contributed by atoms with Crippen molar-refractivity contribution in [3.8, 4) is 0 Å². The number of nitrogens with zero attached hydrogens (tertiary/aromatic N) is 1. The summed E-state index contributed by atoms with van der Waals surface area (Å²) in [4.78, 5) is 26.0. The Morgan fingerprint density at radius 1 is 1.38 bits per heavy atom. The highest BCUT2D eigenvalue weighted by molar-refractivity contribution is 5.88. The maximum Gasteiger partial charge on any atom is 0.237 e. The van der Waals surface area contributed by atoms with Crippen LogP contribution in [-0.2, 0) is 16.1 Å². The van der Waals surface area contributed by atoms with Crippen LogP contribution in [0.25, 0.3) is 0 Å². The highest BCUT2D eigenvalue weighted by Gasteiger charge is 2.31. The Labute approximate surface area is 140 Å². The van der Waals surface area contributed by atoms with Crippen molar-refractivity contribution in [1.29, 1.82) is 0 Å². The number of hydrogen-bond acceptors (Lipinski definition) is 3. The molecule has 2 N–H and O–H groups in total. The van der Waals surface area contributed by atoms with Crippen LogP contribution in [0.15, 0.2) is 18.2 Å². The standard InChI is InChI=1S/C17H23F2N3O2/c1-11(2)9-21-16(23)8-15-17(24)20-5-6-22(15)10-12-3-4-13(18)14(19)7-12/h3-4,7,11,15H,5-6,8-10H2,1-2H3,(H,20,24)(H,21,23)/t15-/m1/s1. The molecule has 1 fully saturated rings. The van der Waals surface area contributed by atoms with Gasteiger partial charge in [-0.3, -0.25) is 14.5 Å². The van der Waals surface area contributed by atoms with Crippen LogP contribution < -0.4 is 10.6 Å². The molecule has 0 aliphatic carbocycles. The molecule has 1 aromatic carbocycles. The Morgan fingerprint density at radius 2 is 2.12 bits per heavy atom. The van der Waals surface area contributed by atoms with Gasteiger partial charge in [0, 0.05) is 26.2 Å². The molecule has 2 rings (SSSR count). The summed E-state index contributed by atoms with van der Waals surface area (Å²) >= 11 is 0. The lowest BCUT2D eigenvalue weighted by Crippen LogP contribution is -2.56. The summed E-state index contributed by atoms with van der Waals surface area (Å²) in [6.07, 6.45) is 0.0439. The zero-order chi connectivity index (χ0) is 17.7. The first-order valence-corrected chi connectivity index (χ1v) is 8.09. The lowest BCUT2D eigenvalue weighted by molar-refractivity contribution is -0.134. The number of carbonyl (C=O) groups is 2. The average Bonchev–Trinajstić information content (AvgIpc) is 2.52. The minimum atomic E-state index is -0.916. The molecule has 0 spiro atoms. The first kappa shape index (κ1) is 18.3. The van der Waals surface area contributed by atoms with Crippen molar-refractivity contribution < 1.29 is 18.4 Å². The number of piperazine rings is 1. The van der Waals surface area contributed by atoms with Crippen molar-refractivity contribution in [2.45, 2.75) is 32.9 Å². The second-order valence-electron chi connectivity index (χ2n) is 6.43. The summed E-state index contributed by atoms with van der Waals surface area (Å²) in [7, 11) is 0. The molecule has 1 saturated heterocycles. The largest absolute Gasteiger partial charge is 0.356 e. The van der Waals surface area contributed by atoms with Crippen molar-refractivity contribution >= 4 is 11.8 Å². The molecule has 0 aromatic heterocycles. The molecule has 132 valence electrons. The van der Waals surface area contributed by atoms with E-state index in [0.29, 0.717) is 31.1 Å². The van der Waals surface area contributed by atoms with Crippen molar-refractivity contribution in [2.24, 2.45) is 5.92 Å². The highest BCUT2D eigenvalue weighted by Crippen LogP contribution is 2.16. The molecule has 1 heterocycles. The summed E-state index contributed by atoms with van der Waals surface area (Å²) in [5.41, 5.74) is 0.566. The van der Waals surface area contributed by atoms with Gasteiger partial charge in [-0.25, -0.2) is 8.78 Å². The Bertz CT molecular complexity index is 607. The average molecular weight is 339 g/mol. The molecule has 1 aromatic rings. The molecule has 24 heavy (non-hydrogen) atoms. The normalized spacial score (nSPS) is 18.5. The zero-order valence-electron chi connectivity index (χ0n) is 13.9. The van der Waals surface area contributed by atoms with E-state index in [1.807, 2.05) is 18.7 Å². The van der Waals surface area contributed by atoms with Gasteiger partial charge in [0.15, 0.2) is 11.6 Å². The van der Waals surface area contributed by atoms with Crippen LogP contribution >= 0.6 is 0 Å². The maximum atomic E-state index is 13.4. The predicted octanol–water partition coefficient (Wildman–Crippen LogP) is 1.43. The van der Waals surface area contributed by atoms with Crippen LogP contribution in [0.2, 0.25) is 0 Å². The first-order valence-electron chi connectivity index (χ1n) is 8.09. The van der Waals surface area contributed by atoms with E-state index in [-0.39, 0.29) is 24.8 Å². The van der Waals surface area contributed by atoms with Gasteiger partial charge in [-0.05, 0) is 23.6 Å².